The van der Waals surface area contributed by atoms with E-state index in [1.807, 2.05) is 42.6 Å². The number of benzene rings is 2. The van der Waals surface area contributed by atoms with Crippen molar-refractivity contribution in [2.24, 2.45) is 5.92 Å². The van der Waals surface area contributed by atoms with Gasteiger partial charge in [-0.1, -0.05) is 48.5 Å². The van der Waals surface area contributed by atoms with Crippen LogP contribution in [-0.2, 0) is 11.3 Å². The minimum atomic E-state index is 0.142. The molecular formula is C23H24N2O. The van der Waals surface area contributed by atoms with Crippen LogP contribution in [0.3, 0.4) is 0 Å². The van der Waals surface area contributed by atoms with E-state index < -0.39 is 0 Å². The molecule has 0 unspecified atom stereocenters. The number of nitrogens with one attached hydrogen (secondary N) is 1. The maximum atomic E-state index is 12.5. The molecule has 0 bridgehead atoms. The maximum Gasteiger partial charge on any atom is 0.223 e. The molecule has 1 aliphatic carbocycles. The Morgan fingerprint density at radius 1 is 0.923 bits per heavy atom. The summed E-state index contributed by atoms with van der Waals surface area (Å²) < 4.78 is 0. The molecule has 2 aromatic carbocycles. The Morgan fingerprint density at radius 3 is 2.46 bits per heavy atom. The number of para-hydroxylation sites is 1. The van der Waals surface area contributed by atoms with Crippen molar-refractivity contribution in [3.63, 3.8) is 0 Å². The number of carbonyl (C=O) groups excluding carboxylic acids is 1. The van der Waals surface area contributed by atoms with E-state index in [0.717, 1.165) is 36.8 Å². The van der Waals surface area contributed by atoms with Gasteiger partial charge >= 0.3 is 0 Å². The van der Waals surface area contributed by atoms with Gasteiger partial charge in [0.2, 0.25) is 5.91 Å². The van der Waals surface area contributed by atoms with Gasteiger partial charge in [0, 0.05) is 24.0 Å². The van der Waals surface area contributed by atoms with Gasteiger partial charge in [0.1, 0.15) is 0 Å². The highest BCUT2D eigenvalue weighted by Crippen LogP contribution is 2.38. The molecule has 0 aliphatic heterocycles. The first kappa shape index (κ1) is 16.8. The molecular weight excluding hydrogens is 320 g/mol. The monoisotopic (exact) mass is 344 g/mol. The minimum Gasteiger partial charge on any atom is -0.352 e. The van der Waals surface area contributed by atoms with Gasteiger partial charge < -0.3 is 5.32 Å². The first-order valence-corrected chi connectivity index (χ1v) is 9.46. The Balaban J connectivity index is 1.37. The minimum absolute atomic E-state index is 0.142. The van der Waals surface area contributed by atoms with Crippen molar-refractivity contribution in [2.75, 3.05) is 0 Å². The first-order valence-electron chi connectivity index (χ1n) is 9.46. The molecule has 1 N–H and O–H groups in total. The summed E-state index contributed by atoms with van der Waals surface area (Å²) in [6.45, 7) is 0.620. The molecule has 1 amide bonds. The molecule has 3 aromatic rings. The van der Waals surface area contributed by atoms with E-state index in [2.05, 4.69) is 34.6 Å². The summed E-state index contributed by atoms with van der Waals surface area (Å²) in [7, 11) is 0. The Kier molecular flexibility index (Phi) is 4.96. The van der Waals surface area contributed by atoms with E-state index in [0.29, 0.717) is 12.5 Å². The fraction of sp³-hybridized carbons (Fsp3) is 0.304. The first-order chi connectivity index (χ1) is 12.8. The van der Waals surface area contributed by atoms with Crippen LogP contribution in [0, 0.1) is 5.92 Å². The van der Waals surface area contributed by atoms with Gasteiger partial charge in [-0.25, -0.2) is 0 Å². The third kappa shape index (κ3) is 3.62. The number of rotatable bonds is 4. The van der Waals surface area contributed by atoms with Crippen LogP contribution < -0.4 is 5.32 Å². The summed E-state index contributed by atoms with van der Waals surface area (Å²) in [5.41, 5.74) is 3.60. The van der Waals surface area contributed by atoms with Crippen molar-refractivity contribution in [3.05, 3.63) is 78.0 Å². The van der Waals surface area contributed by atoms with Crippen molar-refractivity contribution in [1.82, 2.24) is 10.3 Å². The highest BCUT2D eigenvalue weighted by Gasteiger charge is 2.27. The second-order valence-electron chi connectivity index (χ2n) is 7.17. The van der Waals surface area contributed by atoms with Gasteiger partial charge in [-0.05, 0) is 54.9 Å². The smallest absolute Gasteiger partial charge is 0.223 e. The molecule has 1 fully saturated rings. The summed E-state index contributed by atoms with van der Waals surface area (Å²) >= 11 is 0. The van der Waals surface area contributed by atoms with Crippen molar-refractivity contribution >= 4 is 16.8 Å². The van der Waals surface area contributed by atoms with Gasteiger partial charge in [0.15, 0.2) is 0 Å². The van der Waals surface area contributed by atoms with Gasteiger partial charge in [-0.3, -0.25) is 9.78 Å². The van der Waals surface area contributed by atoms with E-state index in [1.54, 1.807) is 0 Å². The van der Waals surface area contributed by atoms with Crippen LogP contribution in [-0.4, -0.2) is 10.9 Å². The number of hydrogen-bond acceptors (Lipinski definition) is 2. The zero-order chi connectivity index (χ0) is 17.8. The molecule has 3 nitrogen and oxygen atoms in total. The third-order valence-electron chi connectivity index (χ3n) is 5.53. The second kappa shape index (κ2) is 7.69. The summed E-state index contributed by atoms with van der Waals surface area (Å²) in [6, 6.07) is 20.6. The molecule has 0 spiro atoms. The molecule has 3 heteroatoms. The van der Waals surface area contributed by atoms with Crippen LogP contribution in [0.25, 0.3) is 10.9 Å². The van der Waals surface area contributed by atoms with Crippen LogP contribution in [0.1, 0.15) is 42.7 Å². The zero-order valence-corrected chi connectivity index (χ0v) is 14.9. The molecule has 0 atom stereocenters. The zero-order valence-electron chi connectivity index (χ0n) is 14.9. The Labute approximate surface area is 154 Å². The number of aromatic nitrogens is 1. The lowest BCUT2D eigenvalue weighted by molar-refractivity contribution is -0.126. The summed E-state index contributed by atoms with van der Waals surface area (Å²) in [6.07, 6.45) is 5.97. The number of pyridine rings is 1. The van der Waals surface area contributed by atoms with Gasteiger partial charge in [0.05, 0.1) is 5.52 Å². The fourth-order valence-corrected chi connectivity index (χ4v) is 4.07. The third-order valence-corrected chi connectivity index (χ3v) is 5.53. The van der Waals surface area contributed by atoms with E-state index in [4.69, 9.17) is 0 Å². The van der Waals surface area contributed by atoms with E-state index in [-0.39, 0.29) is 11.8 Å². The lowest BCUT2D eigenvalue weighted by Gasteiger charge is -2.28. The Bertz CT molecular complexity index is 878. The highest BCUT2D eigenvalue weighted by atomic mass is 16.1. The predicted octanol–water partition coefficient (Wildman–Crippen LogP) is 4.83. The predicted molar refractivity (Wildman–Crippen MR) is 105 cm³/mol. The Hall–Kier alpha value is -2.68. The van der Waals surface area contributed by atoms with Crippen molar-refractivity contribution in [3.8, 4) is 0 Å². The highest BCUT2D eigenvalue weighted by molar-refractivity contribution is 5.82. The summed E-state index contributed by atoms with van der Waals surface area (Å²) in [4.78, 5) is 17.0. The molecule has 1 heterocycles. The van der Waals surface area contributed by atoms with Crippen molar-refractivity contribution in [2.45, 2.75) is 38.1 Å². The van der Waals surface area contributed by atoms with Crippen molar-refractivity contribution in [1.29, 1.82) is 0 Å². The SMILES string of the molecule is O=C(NCc1ccccc1)C1CCC(c2ccnc3ccccc23)CC1. The largest absolute Gasteiger partial charge is 0.352 e. The van der Waals surface area contributed by atoms with Crippen LogP contribution in [0.15, 0.2) is 66.9 Å². The molecule has 1 saturated carbocycles. The number of nitrogens with zero attached hydrogens (tertiary/aromatic N) is 1. The average Bonchev–Trinajstić information content (AvgIpc) is 2.72. The lowest BCUT2D eigenvalue weighted by Crippen LogP contribution is -2.32. The molecule has 0 radical (unpaired) electrons. The molecule has 1 aromatic heterocycles. The maximum absolute atomic E-state index is 12.5. The van der Waals surface area contributed by atoms with Crippen LogP contribution in [0.4, 0.5) is 0 Å². The van der Waals surface area contributed by atoms with Gasteiger partial charge in [-0.2, -0.15) is 0 Å². The summed E-state index contributed by atoms with van der Waals surface area (Å²) in [5.74, 6) is 0.871. The number of hydrogen-bond donors (Lipinski definition) is 1. The van der Waals surface area contributed by atoms with Gasteiger partial charge in [0.25, 0.3) is 0 Å². The normalized spacial score (nSPS) is 20.0. The topological polar surface area (TPSA) is 42.0 Å². The molecule has 26 heavy (non-hydrogen) atoms. The van der Waals surface area contributed by atoms with Crippen LogP contribution in [0.2, 0.25) is 0 Å². The summed E-state index contributed by atoms with van der Waals surface area (Å²) in [5, 5.41) is 4.36. The van der Waals surface area contributed by atoms with E-state index in [1.165, 1.54) is 10.9 Å². The van der Waals surface area contributed by atoms with Crippen molar-refractivity contribution < 1.29 is 4.79 Å². The molecule has 0 saturated heterocycles. The average molecular weight is 344 g/mol. The lowest BCUT2D eigenvalue weighted by atomic mass is 9.77. The standard InChI is InChI=1S/C23H24N2O/c26-23(25-16-17-6-2-1-3-7-17)19-12-10-18(11-13-19)20-14-15-24-22-9-5-4-8-21(20)22/h1-9,14-15,18-19H,10-13,16H2,(H,25,26). The quantitative estimate of drug-likeness (QED) is 0.737. The van der Waals surface area contributed by atoms with Crippen LogP contribution >= 0.6 is 0 Å². The van der Waals surface area contributed by atoms with Crippen LogP contribution in [0.5, 0.6) is 0 Å². The molecule has 1 aliphatic rings. The number of amides is 1. The van der Waals surface area contributed by atoms with Gasteiger partial charge in [-0.15, -0.1) is 0 Å². The second-order valence-corrected chi connectivity index (χ2v) is 7.17. The number of fused-ring (bicyclic) bond motifs is 1. The van der Waals surface area contributed by atoms with E-state index in [9.17, 15) is 4.79 Å². The molecule has 4 rings (SSSR count). The number of carbonyl (C=O) groups is 1. The fourth-order valence-electron chi connectivity index (χ4n) is 4.07. The van der Waals surface area contributed by atoms with E-state index >= 15 is 0 Å². The molecule has 132 valence electrons. The Morgan fingerprint density at radius 2 is 1.65 bits per heavy atom.